The van der Waals surface area contributed by atoms with E-state index in [1.165, 1.54) is 0 Å². The Morgan fingerprint density at radius 2 is 1.93 bits per heavy atom. The highest BCUT2D eigenvalue weighted by Gasteiger charge is 2.26. The Bertz CT molecular complexity index is 609. The van der Waals surface area contributed by atoms with Crippen molar-refractivity contribution in [1.82, 2.24) is 5.32 Å². The fraction of sp³-hybridized carbons (Fsp3) is 0.619. The van der Waals surface area contributed by atoms with Gasteiger partial charge < -0.3 is 20.1 Å². The molecule has 0 spiro atoms. The Labute approximate surface area is 162 Å². The number of amides is 2. The highest BCUT2D eigenvalue weighted by Crippen LogP contribution is 2.19. The van der Waals surface area contributed by atoms with Crippen molar-refractivity contribution in [3.8, 4) is 0 Å². The summed E-state index contributed by atoms with van der Waals surface area (Å²) in [4.78, 5) is 24.1. The molecule has 2 amide bonds. The molecule has 1 aliphatic heterocycles. The molecule has 0 saturated carbocycles. The fourth-order valence-corrected chi connectivity index (χ4v) is 3.04. The lowest BCUT2D eigenvalue weighted by Gasteiger charge is -2.24. The van der Waals surface area contributed by atoms with E-state index in [-0.39, 0.29) is 29.9 Å². The first-order chi connectivity index (χ1) is 12.9. The standard InChI is InChI=1S/C21H32N2O4/c1-5-19(24)23-17-10-8-16(9-11-17)15(4)22-21(25)20(14(2)3)27-13-18-7-6-12-26-18/h8-11,14-15,18,20H,5-7,12-13H2,1-4H3,(H,22,25)(H,23,24)/t15-,18-,20+/m0/s1. The summed E-state index contributed by atoms with van der Waals surface area (Å²) in [5.74, 6) is -0.0589. The number of hydrogen-bond donors (Lipinski definition) is 2. The largest absolute Gasteiger partial charge is 0.376 e. The van der Waals surface area contributed by atoms with Crippen molar-refractivity contribution < 1.29 is 19.1 Å². The molecular weight excluding hydrogens is 344 g/mol. The number of carbonyl (C=O) groups is 2. The Morgan fingerprint density at radius 1 is 1.22 bits per heavy atom. The van der Waals surface area contributed by atoms with E-state index in [0.29, 0.717) is 13.0 Å². The van der Waals surface area contributed by atoms with E-state index >= 15 is 0 Å². The zero-order valence-electron chi connectivity index (χ0n) is 16.8. The minimum absolute atomic E-state index is 0.0210. The summed E-state index contributed by atoms with van der Waals surface area (Å²) in [7, 11) is 0. The molecule has 2 N–H and O–H groups in total. The summed E-state index contributed by atoms with van der Waals surface area (Å²) in [5, 5.41) is 5.85. The van der Waals surface area contributed by atoms with Crippen molar-refractivity contribution in [3.05, 3.63) is 29.8 Å². The summed E-state index contributed by atoms with van der Waals surface area (Å²) >= 11 is 0. The van der Waals surface area contributed by atoms with Crippen LogP contribution in [0.2, 0.25) is 0 Å². The monoisotopic (exact) mass is 376 g/mol. The van der Waals surface area contributed by atoms with E-state index in [1.807, 2.05) is 52.0 Å². The van der Waals surface area contributed by atoms with Crippen LogP contribution < -0.4 is 10.6 Å². The molecule has 6 nitrogen and oxygen atoms in total. The molecule has 1 aromatic carbocycles. The first-order valence-corrected chi connectivity index (χ1v) is 9.84. The first-order valence-electron chi connectivity index (χ1n) is 9.84. The van der Waals surface area contributed by atoms with Gasteiger partial charge in [0.25, 0.3) is 0 Å². The molecule has 1 saturated heterocycles. The van der Waals surface area contributed by atoms with Gasteiger partial charge in [-0.2, -0.15) is 0 Å². The van der Waals surface area contributed by atoms with Crippen LogP contribution in [0.3, 0.4) is 0 Å². The third-order valence-corrected chi connectivity index (χ3v) is 4.72. The third kappa shape index (κ3) is 6.63. The van der Waals surface area contributed by atoms with Gasteiger partial charge in [0, 0.05) is 18.7 Å². The van der Waals surface area contributed by atoms with Gasteiger partial charge in [-0.15, -0.1) is 0 Å². The van der Waals surface area contributed by atoms with Crippen molar-refractivity contribution >= 4 is 17.5 Å². The number of ether oxygens (including phenoxy) is 2. The van der Waals surface area contributed by atoms with E-state index < -0.39 is 6.10 Å². The number of rotatable bonds is 9. The number of nitrogens with one attached hydrogen (secondary N) is 2. The van der Waals surface area contributed by atoms with Gasteiger partial charge in [0.2, 0.25) is 11.8 Å². The average molecular weight is 376 g/mol. The molecular formula is C21H32N2O4. The molecule has 1 fully saturated rings. The average Bonchev–Trinajstić information content (AvgIpc) is 3.15. The molecule has 0 radical (unpaired) electrons. The Hall–Kier alpha value is -1.92. The molecule has 6 heteroatoms. The first kappa shape index (κ1) is 21.4. The highest BCUT2D eigenvalue weighted by molar-refractivity contribution is 5.90. The number of carbonyl (C=O) groups excluding carboxylic acids is 2. The van der Waals surface area contributed by atoms with Gasteiger partial charge >= 0.3 is 0 Å². The van der Waals surface area contributed by atoms with Gasteiger partial charge in [-0.1, -0.05) is 32.9 Å². The Morgan fingerprint density at radius 3 is 2.48 bits per heavy atom. The lowest BCUT2D eigenvalue weighted by molar-refractivity contribution is -0.139. The predicted molar refractivity (Wildman–Crippen MR) is 105 cm³/mol. The molecule has 2 rings (SSSR count). The van der Waals surface area contributed by atoms with Gasteiger partial charge in [0.1, 0.15) is 6.10 Å². The van der Waals surface area contributed by atoms with Gasteiger partial charge in [-0.05, 0) is 43.4 Å². The van der Waals surface area contributed by atoms with Crippen LogP contribution in [-0.4, -0.2) is 37.2 Å². The van der Waals surface area contributed by atoms with Gasteiger partial charge in [0.15, 0.2) is 0 Å². The second-order valence-corrected chi connectivity index (χ2v) is 7.39. The van der Waals surface area contributed by atoms with Crippen LogP contribution in [0.1, 0.15) is 58.6 Å². The smallest absolute Gasteiger partial charge is 0.249 e. The van der Waals surface area contributed by atoms with Crippen molar-refractivity contribution in [2.24, 2.45) is 5.92 Å². The normalized spacial score (nSPS) is 18.9. The molecule has 1 aromatic rings. The maximum absolute atomic E-state index is 12.7. The topological polar surface area (TPSA) is 76.7 Å². The van der Waals surface area contributed by atoms with Crippen LogP contribution >= 0.6 is 0 Å². The second-order valence-electron chi connectivity index (χ2n) is 7.39. The molecule has 3 atom stereocenters. The van der Waals surface area contributed by atoms with E-state index in [0.717, 1.165) is 30.7 Å². The van der Waals surface area contributed by atoms with Crippen LogP contribution in [-0.2, 0) is 19.1 Å². The van der Waals surface area contributed by atoms with Crippen LogP contribution in [0.4, 0.5) is 5.69 Å². The minimum Gasteiger partial charge on any atom is -0.376 e. The molecule has 0 bridgehead atoms. The SMILES string of the molecule is CCC(=O)Nc1ccc([C@H](C)NC(=O)[C@H](OC[C@@H]2CCCO2)C(C)C)cc1. The van der Waals surface area contributed by atoms with E-state index in [1.54, 1.807) is 0 Å². The van der Waals surface area contributed by atoms with Crippen LogP contribution in [0.5, 0.6) is 0 Å². The van der Waals surface area contributed by atoms with Crippen molar-refractivity contribution in [1.29, 1.82) is 0 Å². The van der Waals surface area contributed by atoms with E-state index in [9.17, 15) is 9.59 Å². The molecule has 0 unspecified atom stereocenters. The lowest BCUT2D eigenvalue weighted by Crippen LogP contribution is -2.42. The zero-order chi connectivity index (χ0) is 19.8. The Kier molecular flexibility index (Phi) is 8.25. The number of anilines is 1. The lowest BCUT2D eigenvalue weighted by atomic mass is 10.0. The maximum atomic E-state index is 12.7. The van der Waals surface area contributed by atoms with Gasteiger partial charge in [-0.3, -0.25) is 9.59 Å². The van der Waals surface area contributed by atoms with Crippen LogP contribution in [0, 0.1) is 5.92 Å². The maximum Gasteiger partial charge on any atom is 0.249 e. The van der Waals surface area contributed by atoms with Crippen molar-refractivity contribution in [3.63, 3.8) is 0 Å². The molecule has 1 heterocycles. The fourth-order valence-electron chi connectivity index (χ4n) is 3.04. The summed E-state index contributed by atoms with van der Waals surface area (Å²) in [6, 6.07) is 7.36. The molecule has 0 aromatic heterocycles. The minimum atomic E-state index is -0.500. The van der Waals surface area contributed by atoms with E-state index in [4.69, 9.17) is 9.47 Å². The Balaban J connectivity index is 1.90. The van der Waals surface area contributed by atoms with Gasteiger partial charge in [-0.25, -0.2) is 0 Å². The van der Waals surface area contributed by atoms with Crippen molar-refractivity contribution in [2.75, 3.05) is 18.5 Å². The number of hydrogen-bond acceptors (Lipinski definition) is 4. The summed E-state index contributed by atoms with van der Waals surface area (Å²) < 4.78 is 11.5. The zero-order valence-corrected chi connectivity index (χ0v) is 16.8. The van der Waals surface area contributed by atoms with Crippen LogP contribution in [0.15, 0.2) is 24.3 Å². The predicted octanol–water partition coefficient (Wildman–Crippen LogP) is 3.43. The summed E-state index contributed by atoms with van der Waals surface area (Å²) in [6.07, 6.45) is 2.08. The molecule has 27 heavy (non-hydrogen) atoms. The third-order valence-electron chi connectivity index (χ3n) is 4.72. The quantitative estimate of drug-likeness (QED) is 0.692. The number of benzene rings is 1. The van der Waals surface area contributed by atoms with Crippen LogP contribution in [0.25, 0.3) is 0 Å². The van der Waals surface area contributed by atoms with Gasteiger partial charge in [0.05, 0.1) is 18.8 Å². The second kappa shape index (κ2) is 10.4. The molecule has 150 valence electrons. The summed E-state index contributed by atoms with van der Waals surface area (Å²) in [5.41, 5.74) is 1.73. The van der Waals surface area contributed by atoms with E-state index in [2.05, 4.69) is 10.6 Å². The molecule has 1 aliphatic rings. The van der Waals surface area contributed by atoms with Crippen molar-refractivity contribution in [2.45, 2.75) is 65.2 Å². The highest BCUT2D eigenvalue weighted by atomic mass is 16.5. The molecule has 0 aliphatic carbocycles. The summed E-state index contributed by atoms with van der Waals surface area (Å²) in [6.45, 7) is 8.95.